The van der Waals surface area contributed by atoms with E-state index < -0.39 is 0 Å². The molecule has 2 N–H and O–H groups in total. The summed E-state index contributed by atoms with van der Waals surface area (Å²) in [5.74, 6) is 1.80. The van der Waals surface area contributed by atoms with Crippen molar-refractivity contribution in [1.82, 2.24) is 5.32 Å². The van der Waals surface area contributed by atoms with E-state index in [0.717, 1.165) is 28.1 Å². The molecule has 6 nitrogen and oxygen atoms in total. The van der Waals surface area contributed by atoms with Crippen molar-refractivity contribution in [3.8, 4) is 17.2 Å². The summed E-state index contributed by atoms with van der Waals surface area (Å²) in [6.07, 6.45) is 1.84. The number of halogens is 1. The number of hydrogen-bond acceptors (Lipinski definition) is 6. The van der Waals surface area contributed by atoms with Crippen molar-refractivity contribution in [1.29, 1.82) is 0 Å². The molecule has 0 aliphatic carbocycles. The fraction of sp³-hybridized carbons (Fsp3) is 0.222. The van der Waals surface area contributed by atoms with Gasteiger partial charge in [-0.05, 0) is 61.4 Å². The molecule has 0 aromatic heterocycles. The molecule has 1 fully saturated rings. The molecule has 0 spiro atoms. The maximum Gasteiger partial charge on any atom is 0.260 e. The molecule has 8 heteroatoms. The van der Waals surface area contributed by atoms with Crippen molar-refractivity contribution >= 4 is 41.0 Å². The van der Waals surface area contributed by atoms with Crippen LogP contribution in [0, 0.1) is 6.92 Å². The molecule has 1 atom stereocenters. The molecule has 0 radical (unpaired) electrons. The summed E-state index contributed by atoms with van der Waals surface area (Å²) in [5, 5.41) is 6.95. The Labute approximate surface area is 214 Å². The number of anilines is 1. The Kier molecular flexibility index (Phi) is 8.10. The summed E-state index contributed by atoms with van der Waals surface area (Å²) in [7, 11) is 1.62. The maximum absolute atomic E-state index is 12.6. The molecule has 4 rings (SSSR count). The van der Waals surface area contributed by atoms with E-state index in [9.17, 15) is 4.79 Å². The molecule has 0 bridgehead atoms. The number of aryl methyl sites for hydroxylation is 1. The van der Waals surface area contributed by atoms with Gasteiger partial charge in [-0.2, -0.15) is 0 Å². The number of carbonyl (C=O) groups is 1. The van der Waals surface area contributed by atoms with E-state index in [0.29, 0.717) is 34.6 Å². The highest BCUT2D eigenvalue weighted by Gasteiger charge is 2.28. The van der Waals surface area contributed by atoms with E-state index in [2.05, 4.69) is 10.6 Å². The van der Waals surface area contributed by atoms with Crippen molar-refractivity contribution in [3.63, 3.8) is 0 Å². The molecule has 1 aliphatic rings. The van der Waals surface area contributed by atoms with Crippen LogP contribution >= 0.6 is 23.4 Å². The van der Waals surface area contributed by atoms with Crippen LogP contribution in [-0.2, 0) is 11.4 Å². The second-order valence-corrected chi connectivity index (χ2v) is 9.40. The number of methoxy groups -OCH3 is 1. The second kappa shape index (κ2) is 11.4. The van der Waals surface area contributed by atoms with E-state index >= 15 is 0 Å². The molecule has 3 aromatic carbocycles. The molecule has 1 saturated heterocycles. The Morgan fingerprint density at radius 2 is 1.86 bits per heavy atom. The lowest BCUT2D eigenvalue weighted by molar-refractivity contribution is -0.116. The molecular weight excluding hydrogens is 484 g/mol. The molecule has 1 amide bonds. The van der Waals surface area contributed by atoms with Crippen molar-refractivity contribution in [3.05, 3.63) is 87.3 Å². The smallest absolute Gasteiger partial charge is 0.260 e. The predicted octanol–water partition coefficient (Wildman–Crippen LogP) is 6.23. The van der Waals surface area contributed by atoms with Gasteiger partial charge in [-0.25, -0.2) is 0 Å². The molecule has 0 saturated carbocycles. The first-order valence-electron chi connectivity index (χ1n) is 11.2. The summed E-state index contributed by atoms with van der Waals surface area (Å²) >= 11 is 7.65. The average Bonchev–Trinajstić information content (AvgIpc) is 3.18. The Balaban J connectivity index is 1.48. The first-order valence-corrected chi connectivity index (χ1v) is 12.5. The van der Waals surface area contributed by atoms with Gasteiger partial charge in [-0.15, -0.1) is 0 Å². The number of hydrogen-bond donors (Lipinski definition) is 2. The van der Waals surface area contributed by atoms with Gasteiger partial charge in [-0.1, -0.05) is 53.7 Å². The zero-order valence-electron chi connectivity index (χ0n) is 19.8. The topological polar surface area (TPSA) is 68.8 Å². The monoisotopic (exact) mass is 510 g/mol. The molecule has 1 heterocycles. The van der Waals surface area contributed by atoms with Crippen LogP contribution in [-0.4, -0.2) is 25.1 Å². The largest absolute Gasteiger partial charge is 0.495 e. The van der Waals surface area contributed by atoms with E-state index in [1.54, 1.807) is 7.11 Å². The number of thioether (sulfide) groups is 1. The lowest BCUT2D eigenvalue weighted by Gasteiger charge is -2.16. The molecular formula is C27H27ClN2O4S. The lowest BCUT2D eigenvalue weighted by Crippen LogP contribution is -2.31. The van der Waals surface area contributed by atoms with Gasteiger partial charge < -0.3 is 24.8 Å². The minimum absolute atomic E-state index is 0.142. The van der Waals surface area contributed by atoms with E-state index in [1.165, 1.54) is 11.8 Å². The Morgan fingerprint density at radius 3 is 2.63 bits per heavy atom. The van der Waals surface area contributed by atoms with Gasteiger partial charge in [-0.3, -0.25) is 4.79 Å². The maximum atomic E-state index is 12.6. The Bertz CT molecular complexity index is 1250. The van der Waals surface area contributed by atoms with Gasteiger partial charge in [0.05, 0.1) is 24.3 Å². The highest BCUT2D eigenvalue weighted by atomic mass is 35.5. The lowest BCUT2D eigenvalue weighted by atomic mass is 10.2. The molecule has 1 unspecified atom stereocenters. The standard InChI is InChI=1S/C27H27ClN2O4S/c1-4-33-24-14-18(10-12-23(24)34-16-19-7-5-6-8-20(19)28)15-25-26(31)30-27(35-25)29-21-13-17(2)9-11-22(21)32-3/h5-15,27,29H,4,16H2,1-3H3,(H,30,31)/b25-15-. The van der Waals surface area contributed by atoms with Gasteiger partial charge >= 0.3 is 0 Å². The third-order valence-electron chi connectivity index (χ3n) is 5.28. The number of carbonyl (C=O) groups excluding carboxylic acids is 1. The van der Waals surface area contributed by atoms with Crippen LogP contribution in [0.15, 0.2) is 65.6 Å². The van der Waals surface area contributed by atoms with E-state index in [-0.39, 0.29) is 11.4 Å². The zero-order chi connectivity index (χ0) is 24.8. The molecule has 1 aliphatic heterocycles. The third kappa shape index (κ3) is 6.24. The number of ether oxygens (including phenoxy) is 3. The quantitative estimate of drug-likeness (QED) is 0.332. The van der Waals surface area contributed by atoms with Crippen LogP contribution in [0.25, 0.3) is 6.08 Å². The Hall–Kier alpha value is -3.29. The zero-order valence-corrected chi connectivity index (χ0v) is 21.3. The third-order valence-corrected chi connectivity index (χ3v) is 6.68. The van der Waals surface area contributed by atoms with E-state index in [1.807, 2.05) is 80.6 Å². The highest BCUT2D eigenvalue weighted by molar-refractivity contribution is 8.05. The van der Waals surface area contributed by atoms with Crippen LogP contribution in [0.1, 0.15) is 23.6 Å². The number of rotatable bonds is 9. The summed E-state index contributed by atoms with van der Waals surface area (Å²) in [6.45, 7) is 4.74. The highest BCUT2D eigenvalue weighted by Crippen LogP contribution is 2.35. The fourth-order valence-electron chi connectivity index (χ4n) is 3.57. The summed E-state index contributed by atoms with van der Waals surface area (Å²) < 4.78 is 17.2. The summed E-state index contributed by atoms with van der Waals surface area (Å²) in [6, 6.07) is 19.1. The van der Waals surface area contributed by atoms with Crippen LogP contribution < -0.4 is 24.8 Å². The number of benzene rings is 3. The van der Waals surface area contributed by atoms with Crippen molar-refractivity contribution in [2.75, 3.05) is 19.0 Å². The van der Waals surface area contributed by atoms with Crippen molar-refractivity contribution in [2.45, 2.75) is 26.0 Å². The normalized spacial score (nSPS) is 16.2. The van der Waals surface area contributed by atoms with Gasteiger partial charge in [0.1, 0.15) is 12.4 Å². The molecule has 3 aromatic rings. The first kappa shape index (κ1) is 24.8. The van der Waals surface area contributed by atoms with Gasteiger partial charge in [0.2, 0.25) is 0 Å². The minimum atomic E-state index is -0.311. The average molecular weight is 511 g/mol. The minimum Gasteiger partial charge on any atom is -0.495 e. The summed E-state index contributed by atoms with van der Waals surface area (Å²) in [5.41, 5.74) is 3.34. The van der Waals surface area contributed by atoms with Crippen LogP contribution in [0.5, 0.6) is 17.2 Å². The van der Waals surface area contributed by atoms with Crippen molar-refractivity contribution in [2.24, 2.45) is 0 Å². The van der Waals surface area contributed by atoms with Gasteiger partial charge in [0, 0.05) is 10.6 Å². The number of nitrogens with one attached hydrogen (secondary N) is 2. The molecule has 182 valence electrons. The first-order chi connectivity index (χ1) is 17.0. The predicted molar refractivity (Wildman–Crippen MR) is 142 cm³/mol. The van der Waals surface area contributed by atoms with Gasteiger partial charge in [0.15, 0.2) is 17.0 Å². The Morgan fingerprint density at radius 1 is 1.06 bits per heavy atom. The van der Waals surface area contributed by atoms with Gasteiger partial charge in [0.25, 0.3) is 5.91 Å². The summed E-state index contributed by atoms with van der Waals surface area (Å²) in [4.78, 5) is 13.2. The second-order valence-electron chi connectivity index (χ2n) is 7.85. The van der Waals surface area contributed by atoms with Crippen LogP contribution in [0.3, 0.4) is 0 Å². The van der Waals surface area contributed by atoms with Crippen LogP contribution in [0.2, 0.25) is 5.02 Å². The molecule has 35 heavy (non-hydrogen) atoms. The SMILES string of the molecule is CCOc1cc(/C=C2\SC(Nc3cc(C)ccc3OC)NC2=O)ccc1OCc1ccccc1Cl. The van der Waals surface area contributed by atoms with E-state index in [4.69, 9.17) is 25.8 Å². The van der Waals surface area contributed by atoms with Crippen LogP contribution in [0.4, 0.5) is 5.69 Å². The number of amides is 1. The fourth-order valence-corrected chi connectivity index (χ4v) is 4.73. The van der Waals surface area contributed by atoms with Crippen molar-refractivity contribution < 1.29 is 19.0 Å².